The maximum absolute atomic E-state index is 13.6. The van der Waals surface area contributed by atoms with E-state index in [0.717, 1.165) is 32.8 Å². The Morgan fingerprint density at radius 3 is 2.69 bits per heavy atom. The van der Waals surface area contributed by atoms with Crippen LogP contribution >= 0.6 is 0 Å². The minimum atomic E-state index is -1.88. The Bertz CT molecular complexity index is 1930. The van der Waals surface area contributed by atoms with Gasteiger partial charge in [-0.05, 0) is 41.5 Å². The number of ether oxygens (including phenoxy) is 1. The van der Waals surface area contributed by atoms with Crippen LogP contribution in [0.5, 0.6) is 5.75 Å². The molecule has 2 aromatic heterocycles. The molecule has 2 aliphatic heterocycles. The fraction of sp³-hybridized carbons (Fsp3) is 0.161. The van der Waals surface area contributed by atoms with Crippen LogP contribution in [0, 0.1) is 0 Å². The number of hydrogen-bond donors (Lipinski definition) is 1. The first kappa shape index (κ1) is 23.3. The van der Waals surface area contributed by atoms with Crippen LogP contribution < -0.4 is 10.4 Å². The molecule has 4 heterocycles. The van der Waals surface area contributed by atoms with Crippen LogP contribution in [0.15, 0.2) is 82.7 Å². The first-order valence-corrected chi connectivity index (χ1v) is 12.8. The van der Waals surface area contributed by atoms with Crippen LogP contribution in [0.25, 0.3) is 33.1 Å². The van der Waals surface area contributed by atoms with Crippen molar-refractivity contribution in [1.82, 2.24) is 9.55 Å². The van der Waals surface area contributed by atoms with E-state index < -0.39 is 11.6 Å². The fourth-order valence-electron chi connectivity index (χ4n) is 5.57. The molecular weight excluding hydrogens is 494 g/mol. The second kappa shape index (κ2) is 8.61. The summed E-state index contributed by atoms with van der Waals surface area (Å²) in [7, 11) is 0. The highest BCUT2D eigenvalue weighted by Gasteiger charge is 2.45. The second-order valence-corrected chi connectivity index (χ2v) is 9.81. The van der Waals surface area contributed by atoms with Gasteiger partial charge in [-0.1, -0.05) is 60.6 Å². The highest BCUT2D eigenvalue weighted by molar-refractivity contribution is 6.02. The Labute approximate surface area is 222 Å². The number of esters is 1. The van der Waals surface area contributed by atoms with Crippen LogP contribution in [0.4, 0.5) is 0 Å². The third-order valence-corrected chi connectivity index (χ3v) is 7.70. The van der Waals surface area contributed by atoms with Gasteiger partial charge in [0.2, 0.25) is 0 Å². The van der Waals surface area contributed by atoms with Crippen LogP contribution in [-0.2, 0) is 28.3 Å². The summed E-state index contributed by atoms with van der Waals surface area (Å²) in [5.41, 5.74) is 1.88. The summed E-state index contributed by atoms with van der Waals surface area (Å²) in [6, 6.07) is 23.2. The molecule has 7 rings (SSSR count). The summed E-state index contributed by atoms with van der Waals surface area (Å²) in [4.78, 5) is 36.7. The zero-order valence-electron chi connectivity index (χ0n) is 21.0. The van der Waals surface area contributed by atoms with Crippen molar-refractivity contribution >= 4 is 33.9 Å². The molecule has 0 spiro atoms. The lowest BCUT2D eigenvalue weighted by molar-refractivity contribution is -0.172. The molecular formula is C31H23N3O5. The number of pyridine rings is 2. The van der Waals surface area contributed by atoms with Crippen LogP contribution in [-0.4, -0.2) is 26.8 Å². The average Bonchev–Trinajstić information content (AvgIpc) is 3.33. The van der Waals surface area contributed by atoms with Crippen molar-refractivity contribution < 1.29 is 19.5 Å². The van der Waals surface area contributed by atoms with Gasteiger partial charge in [-0.25, -0.2) is 9.78 Å². The number of cyclic esters (lactones) is 1. The Balaban J connectivity index is 1.35. The van der Waals surface area contributed by atoms with Crippen molar-refractivity contribution in [2.75, 3.05) is 0 Å². The number of hydrogen-bond acceptors (Lipinski definition) is 7. The van der Waals surface area contributed by atoms with Gasteiger partial charge in [0.25, 0.3) is 5.56 Å². The van der Waals surface area contributed by atoms with Crippen molar-refractivity contribution in [3.8, 4) is 17.1 Å². The van der Waals surface area contributed by atoms with Gasteiger partial charge in [0.05, 0.1) is 35.2 Å². The van der Waals surface area contributed by atoms with Gasteiger partial charge in [0, 0.05) is 22.1 Å². The van der Waals surface area contributed by atoms with Gasteiger partial charge >= 0.3 is 5.97 Å². The number of para-hydroxylation sites is 1. The van der Waals surface area contributed by atoms with Crippen LogP contribution in [0.3, 0.4) is 0 Å². The lowest BCUT2D eigenvalue weighted by Crippen LogP contribution is -2.44. The normalized spacial score (nSPS) is 17.7. The topological polar surface area (TPSA) is 103 Å². The quantitative estimate of drug-likeness (QED) is 0.208. The number of carbonyl (C=O) groups excluding carboxylic acids is 1. The fourth-order valence-corrected chi connectivity index (χ4v) is 5.57. The van der Waals surface area contributed by atoms with E-state index in [1.165, 1.54) is 0 Å². The van der Waals surface area contributed by atoms with E-state index in [0.29, 0.717) is 17.1 Å². The van der Waals surface area contributed by atoms with Gasteiger partial charge in [0.1, 0.15) is 6.61 Å². The highest BCUT2D eigenvalue weighted by Crippen LogP contribution is 2.39. The second-order valence-electron chi connectivity index (χ2n) is 9.81. The highest BCUT2D eigenvalue weighted by atomic mass is 16.6. The van der Waals surface area contributed by atoms with Gasteiger partial charge in [-0.2, -0.15) is 0 Å². The molecule has 0 saturated carbocycles. The SMILES string of the molecule is CC[C@@]1(O)C(=O)OCc2c1cc1n(c2=O)Cc2c-1nc1ccccc1c2C=NOc1ccc2ccccc2c1. The molecule has 0 bridgehead atoms. The predicted molar refractivity (Wildman–Crippen MR) is 147 cm³/mol. The van der Waals surface area contributed by atoms with Crippen molar-refractivity contribution in [2.45, 2.75) is 32.1 Å². The minimum absolute atomic E-state index is 0.0871. The van der Waals surface area contributed by atoms with Crippen LogP contribution in [0.1, 0.15) is 35.6 Å². The molecule has 8 nitrogen and oxygen atoms in total. The smallest absolute Gasteiger partial charge is 0.343 e. The monoisotopic (exact) mass is 517 g/mol. The number of aromatic nitrogens is 2. The lowest BCUT2D eigenvalue weighted by Gasteiger charge is -2.31. The summed E-state index contributed by atoms with van der Waals surface area (Å²) in [5, 5.41) is 18.5. The van der Waals surface area contributed by atoms with E-state index in [2.05, 4.69) is 5.16 Å². The van der Waals surface area contributed by atoms with Gasteiger partial charge in [0.15, 0.2) is 11.4 Å². The van der Waals surface area contributed by atoms with Gasteiger partial charge in [-0.3, -0.25) is 4.79 Å². The molecule has 3 aromatic carbocycles. The number of aliphatic hydroxyl groups is 1. The first-order chi connectivity index (χ1) is 19.0. The molecule has 0 saturated heterocycles. The summed E-state index contributed by atoms with van der Waals surface area (Å²) in [5.74, 6) is -0.138. The van der Waals surface area contributed by atoms with Gasteiger partial charge in [-0.15, -0.1) is 0 Å². The maximum atomic E-state index is 13.6. The lowest BCUT2D eigenvalue weighted by atomic mass is 9.86. The zero-order valence-corrected chi connectivity index (χ0v) is 21.0. The Kier molecular flexibility index (Phi) is 5.14. The summed E-state index contributed by atoms with van der Waals surface area (Å²) < 4.78 is 6.80. The van der Waals surface area contributed by atoms with E-state index in [4.69, 9.17) is 14.6 Å². The molecule has 0 fully saturated rings. The molecule has 8 heteroatoms. The third-order valence-electron chi connectivity index (χ3n) is 7.70. The number of carbonyl (C=O) groups is 1. The van der Waals surface area contributed by atoms with Gasteiger partial charge < -0.3 is 19.2 Å². The third kappa shape index (κ3) is 3.49. The Hall–Kier alpha value is -4.82. The van der Waals surface area contributed by atoms with E-state index in [1.54, 1.807) is 23.8 Å². The standard InChI is InChI=1S/C31H23N3O5/c1-2-31(37)25-14-27-28-23(16-34(27)29(35)24(25)17-38-30(31)36)22(21-9-5-6-10-26(21)33-28)15-32-39-20-12-11-18-7-3-4-8-19(18)13-20/h3-15,37H,2,16-17H2,1H3/t31-/m0/s1. The predicted octanol–water partition coefficient (Wildman–Crippen LogP) is 4.65. The summed E-state index contributed by atoms with van der Waals surface area (Å²) >= 11 is 0. The molecule has 192 valence electrons. The van der Waals surface area contributed by atoms with Crippen LogP contribution in [0.2, 0.25) is 0 Å². The van der Waals surface area contributed by atoms with E-state index >= 15 is 0 Å². The Morgan fingerprint density at radius 2 is 1.85 bits per heavy atom. The van der Waals surface area contributed by atoms with Crippen molar-refractivity contribution in [3.05, 3.63) is 105 Å². The van der Waals surface area contributed by atoms with Crippen molar-refractivity contribution in [2.24, 2.45) is 5.16 Å². The number of nitrogens with zero attached hydrogens (tertiary/aromatic N) is 3. The first-order valence-electron chi connectivity index (χ1n) is 12.8. The molecule has 0 amide bonds. The zero-order chi connectivity index (χ0) is 26.7. The average molecular weight is 518 g/mol. The summed E-state index contributed by atoms with van der Waals surface area (Å²) in [6.45, 7) is 1.78. The van der Waals surface area contributed by atoms with Crippen molar-refractivity contribution in [1.29, 1.82) is 0 Å². The molecule has 0 radical (unpaired) electrons. The van der Waals surface area contributed by atoms with E-state index in [9.17, 15) is 14.7 Å². The van der Waals surface area contributed by atoms with E-state index in [1.807, 2.05) is 66.7 Å². The summed E-state index contributed by atoms with van der Waals surface area (Å²) in [6.07, 6.45) is 1.74. The van der Waals surface area contributed by atoms with E-state index in [-0.39, 0.29) is 36.3 Å². The van der Waals surface area contributed by atoms with Crippen molar-refractivity contribution in [3.63, 3.8) is 0 Å². The molecule has 0 aliphatic carbocycles. The maximum Gasteiger partial charge on any atom is 0.343 e. The molecule has 5 aromatic rings. The largest absolute Gasteiger partial charge is 0.458 e. The number of fused-ring (bicyclic) bond motifs is 6. The molecule has 0 unspecified atom stereocenters. The number of benzene rings is 3. The molecule has 39 heavy (non-hydrogen) atoms. The number of rotatable bonds is 4. The number of oxime groups is 1. The molecule has 1 N–H and O–H groups in total. The Morgan fingerprint density at radius 1 is 1.05 bits per heavy atom. The minimum Gasteiger partial charge on any atom is -0.458 e. The molecule has 2 aliphatic rings. The molecule has 1 atom stereocenters.